The predicted octanol–water partition coefficient (Wildman–Crippen LogP) is 2.37. The molecule has 0 bridgehead atoms. The maximum atomic E-state index is 13.0. The Kier molecular flexibility index (Phi) is 4.67. The molecule has 138 valence electrons. The molecule has 1 amide bonds. The van der Waals surface area contributed by atoms with Crippen LogP contribution in [0.25, 0.3) is 10.9 Å². The number of rotatable bonds is 3. The Morgan fingerprint density at radius 1 is 1.31 bits per heavy atom. The van der Waals surface area contributed by atoms with Crippen LogP contribution >= 0.6 is 11.8 Å². The molecule has 26 heavy (non-hydrogen) atoms. The number of nitrogens with one attached hydrogen (secondary N) is 2. The average molecular weight is 373 g/mol. The molecule has 2 N–H and O–H groups in total. The van der Waals surface area contributed by atoms with E-state index >= 15 is 0 Å². The van der Waals surface area contributed by atoms with E-state index in [0.29, 0.717) is 19.7 Å². The number of benzene rings is 1. The molecule has 0 saturated carbocycles. The van der Waals surface area contributed by atoms with E-state index in [4.69, 9.17) is 4.74 Å². The zero-order valence-electron chi connectivity index (χ0n) is 14.8. The van der Waals surface area contributed by atoms with Crippen molar-refractivity contribution < 1.29 is 14.3 Å². The van der Waals surface area contributed by atoms with Crippen molar-refractivity contribution >= 4 is 34.5 Å². The Bertz CT molecular complexity index is 826. The van der Waals surface area contributed by atoms with Gasteiger partial charge < -0.3 is 14.6 Å². The van der Waals surface area contributed by atoms with Crippen LogP contribution in [0.3, 0.4) is 0 Å². The minimum Gasteiger partial charge on any atom is -0.465 e. The molecule has 1 aromatic carbocycles. The number of thioether (sulfide) groups is 1. The topological polar surface area (TPSA) is 74.4 Å². The summed E-state index contributed by atoms with van der Waals surface area (Å²) in [5, 5.41) is 4.43. The summed E-state index contributed by atoms with van der Waals surface area (Å²) in [6.07, 6.45) is 3.53. The van der Waals surface area contributed by atoms with Crippen LogP contribution in [0, 0.1) is 0 Å². The lowest BCUT2D eigenvalue weighted by Crippen LogP contribution is -2.53. The number of nitrogens with zero attached hydrogens (tertiary/aromatic N) is 1. The first-order valence-electron chi connectivity index (χ1n) is 9.05. The molecule has 1 aromatic heterocycles. The zero-order valence-corrected chi connectivity index (χ0v) is 15.6. The number of aromatic amines is 1. The summed E-state index contributed by atoms with van der Waals surface area (Å²) in [4.78, 5) is 29.9. The smallest absolute Gasteiger partial charge is 0.324 e. The van der Waals surface area contributed by atoms with Crippen LogP contribution in [0.1, 0.15) is 30.1 Å². The Balaban J connectivity index is 1.42. The van der Waals surface area contributed by atoms with Crippen molar-refractivity contribution in [3.05, 3.63) is 36.0 Å². The maximum Gasteiger partial charge on any atom is 0.324 e. The first-order valence-corrected chi connectivity index (χ1v) is 10.0. The van der Waals surface area contributed by atoms with Gasteiger partial charge in [0.05, 0.1) is 11.5 Å². The van der Waals surface area contributed by atoms with Gasteiger partial charge in [-0.3, -0.25) is 14.9 Å². The van der Waals surface area contributed by atoms with Crippen LogP contribution in [0.4, 0.5) is 0 Å². The number of H-pyrrole nitrogens is 1. The summed E-state index contributed by atoms with van der Waals surface area (Å²) >= 11 is 1.79. The Labute approximate surface area is 156 Å². The quantitative estimate of drug-likeness (QED) is 0.808. The number of carbonyl (C=O) groups excluding carboxylic acids is 2. The summed E-state index contributed by atoms with van der Waals surface area (Å²) in [5.74, 6) is 0.639. The van der Waals surface area contributed by atoms with Crippen molar-refractivity contribution in [2.45, 2.75) is 30.7 Å². The van der Waals surface area contributed by atoms with Gasteiger partial charge in [-0.05, 0) is 38.0 Å². The fourth-order valence-corrected chi connectivity index (χ4v) is 5.22. The van der Waals surface area contributed by atoms with Crippen molar-refractivity contribution in [1.29, 1.82) is 0 Å². The molecule has 3 heterocycles. The summed E-state index contributed by atoms with van der Waals surface area (Å²) < 4.78 is 5.13. The van der Waals surface area contributed by atoms with Gasteiger partial charge >= 0.3 is 5.97 Å². The highest BCUT2D eigenvalue weighted by Crippen LogP contribution is 2.39. The molecule has 0 aliphatic carbocycles. The monoisotopic (exact) mass is 373 g/mol. The van der Waals surface area contributed by atoms with Crippen LogP contribution < -0.4 is 5.32 Å². The van der Waals surface area contributed by atoms with Crippen LogP contribution in [-0.2, 0) is 9.53 Å². The number of piperidine rings is 1. The van der Waals surface area contributed by atoms with Gasteiger partial charge in [0.15, 0.2) is 0 Å². The maximum absolute atomic E-state index is 13.0. The largest absolute Gasteiger partial charge is 0.465 e. The second-order valence-corrected chi connectivity index (χ2v) is 8.19. The SMILES string of the molecule is CCOC(=O)[C@@H]1CSC2(CCN(C(=O)c3cccc4[nH]ccc34)CC2)N1. The molecule has 2 fully saturated rings. The van der Waals surface area contributed by atoms with E-state index in [2.05, 4.69) is 10.3 Å². The lowest BCUT2D eigenvalue weighted by atomic mass is 10.0. The van der Waals surface area contributed by atoms with E-state index in [1.54, 1.807) is 11.8 Å². The molecule has 1 atom stereocenters. The van der Waals surface area contributed by atoms with E-state index in [-0.39, 0.29) is 22.8 Å². The number of ether oxygens (including phenoxy) is 1. The number of esters is 1. The number of likely N-dealkylation sites (tertiary alicyclic amines) is 1. The third-order valence-electron chi connectivity index (χ3n) is 5.22. The van der Waals surface area contributed by atoms with Gasteiger partial charge in [-0.1, -0.05) is 6.07 Å². The number of hydrogen-bond donors (Lipinski definition) is 2. The van der Waals surface area contributed by atoms with Crippen LogP contribution in [0.15, 0.2) is 30.5 Å². The van der Waals surface area contributed by atoms with Gasteiger partial charge in [-0.25, -0.2) is 0 Å². The molecular weight excluding hydrogens is 350 g/mol. The molecule has 6 nitrogen and oxygen atoms in total. The van der Waals surface area contributed by atoms with Crippen molar-refractivity contribution in [2.75, 3.05) is 25.4 Å². The van der Waals surface area contributed by atoms with Crippen molar-refractivity contribution in [3.8, 4) is 0 Å². The molecule has 2 aliphatic heterocycles. The Hall–Kier alpha value is -1.99. The van der Waals surface area contributed by atoms with Crippen molar-refractivity contribution in [1.82, 2.24) is 15.2 Å². The Morgan fingerprint density at radius 2 is 2.12 bits per heavy atom. The van der Waals surface area contributed by atoms with E-state index in [1.807, 2.05) is 42.3 Å². The summed E-state index contributed by atoms with van der Waals surface area (Å²) in [6.45, 7) is 3.61. The van der Waals surface area contributed by atoms with Crippen LogP contribution in [-0.4, -0.2) is 58.1 Å². The minimum absolute atomic E-state index is 0.0787. The molecule has 1 spiro atoms. The van der Waals surface area contributed by atoms with Crippen LogP contribution in [0.2, 0.25) is 0 Å². The fraction of sp³-hybridized carbons (Fsp3) is 0.474. The second kappa shape index (κ2) is 6.96. The number of amides is 1. The van der Waals surface area contributed by atoms with E-state index in [1.165, 1.54) is 0 Å². The van der Waals surface area contributed by atoms with Crippen LogP contribution in [0.5, 0.6) is 0 Å². The third-order valence-corrected chi connectivity index (χ3v) is 6.80. The Morgan fingerprint density at radius 3 is 2.88 bits per heavy atom. The lowest BCUT2D eigenvalue weighted by Gasteiger charge is -2.39. The second-order valence-electron chi connectivity index (χ2n) is 6.79. The molecule has 0 unspecified atom stereocenters. The molecule has 4 rings (SSSR count). The van der Waals surface area contributed by atoms with E-state index in [0.717, 1.165) is 35.1 Å². The average Bonchev–Trinajstić information content (AvgIpc) is 3.29. The lowest BCUT2D eigenvalue weighted by molar-refractivity contribution is -0.145. The molecule has 0 radical (unpaired) electrons. The van der Waals surface area contributed by atoms with Gasteiger partial charge in [-0.15, -0.1) is 11.8 Å². The van der Waals surface area contributed by atoms with Gasteiger partial charge in [-0.2, -0.15) is 0 Å². The molecule has 7 heteroatoms. The van der Waals surface area contributed by atoms with Gasteiger partial charge in [0, 0.05) is 41.5 Å². The first kappa shape index (κ1) is 17.4. The molecular formula is C19H23N3O3S. The van der Waals surface area contributed by atoms with Gasteiger partial charge in [0.2, 0.25) is 0 Å². The highest BCUT2D eigenvalue weighted by molar-refractivity contribution is 8.01. The zero-order chi connectivity index (χ0) is 18.1. The highest BCUT2D eigenvalue weighted by atomic mass is 32.2. The van der Waals surface area contributed by atoms with Gasteiger partial charge in [0.25, 0.3) is 5.91 Å². The van der Waals surface area contributed by atoms with E-state index in [9.17, 15) is 9.59 Å². The minimum atomic E-state index is -0.240. The molecule has 2 aliphatic rings. The normalized spacial score (nSPS) is 22.0. The number of carbonyl (C=O) groups is 2. The summed E-state index contributed by atoms with van der Waals surface area (Å²) in [6, 6.07) is 7.49. The van der Waals surface area contributed by atoms with Crippen molar-refractivity contribution in [3.63, 3.8) is 0 Å². The molecule has 2 aromatic rings. The number of hydrogen-bond acceptors (Lipinski definition) is 5. The highest BCUT2D eigenvalue weighted by Gasteiger charge is 2.45. The summed E-state index contributed by atoms with van der Waals surface area (Å²) in [7, 11) is 0. The molecule has 2 saturated heterocycles. The predicted molar refractivity (Wildman–Crippen MR) is 102 cm³/mol. The summed E-state index contributed by atoms with van der Waals surface area (Å²) in [5.41, 5.74) is 1.73. The number of aromatic nitrogens is 1. The van der Waals surface area contributed by atoms with Crippen molar-refractivity contribution in [2.24, 2.45) is 0 Å². The van der Waals surface area contributed by atoms with E-state index < -0.39 is 0 Å². The first-order chi connectivity index (χ1) is 12.6. The fourth-order valence-electron chi connectivity index (χ4n) is 3.82. The standard InChI is InChI=1S/C19H23N3O3S/c1-2-25-18(24)16-12-26-19(21-16)7-10-22(11-8-19)17(23)14-4-3-5-15-13(14)6-9-20-15/h3-6,9,16,20-21H,2,7-8,10-12H2,1H3/t16-/m0/s1. The van der Waals surface area contributed by atoms with Gasteiger partial charge in [0.1, 0.15) is 6.04 Å². The number of fused-ring (bicyclic) bond motifs is 1. The third kappa shape index (κ3) is 3.10.